The molecule has 0 amide bonds. The van der Waals surface area contributed by atoms with Gasteiger partial charge in [-0.3, -0.25) is 5.41 Å². The topological polar surface area (TPSA) is 53.1 Å². The molecule has 0 aromatic heterocycles. The van der Waals surface area contributed by atoms with Crippen molar-refractivity contribution in [2.75, 3.05) is 20.1 Å². The Morgan fingerprint density at radius 2 is 1.91 bits per heavy atom. The van der Waals surface area contributed by atoms with Gasteiger partial charge in [0.2, 0.25) is 0 Å². The van der Waals surface area contributed by atoms with E-state index < -0.39 is 0 Å². The Bertz CT molecular complexity index is 157. The normalized spacial score (nSPS) is 24.9. The van der Waals surface area contributed by atoms with E-state index in [1.54, 1.807) is 0 Å². The van der Waals surface area contributed by atoms with E-state index >= 15 is 0 Å². The fraction of sp³-hybridized carbons (Fsp3) is 0.875. The Hall–Kier alpha value is -0.570. The highest BCUT2D eigenvalue weighted by molar-refractivity contribution is 5.83. The van der Waals surface area contributed by atoms with Crippen LogP contribution in [0, 0.1) is 10.8 Å². The van der Waals surface area contributed by atoms with Crippen LogP contribution in [-0.2, 0) is 0 Å². The third kappa shape index (κ3) is 1.71. The highest BCUT2D eigenvalue weighted by Crippen LogP contribution is 2.29. The number of piperidine rings is 1. The van der Waals surface area contributed by atoms with Crippen LogP contribution in [0.1, 0.15) is 19.8 Å². The molecule has 3 nitrogen and oxygen atoms in total. The van der Waals surface area contributed by atoms with Gasteiger partial charge in [0.25, 0.3) is 0 Å². The van der Waals surface area contributed by atoms with Crippen LogP contribution in [0.3, 0.4) is 0 Å². The molecule has 3 N–H and O–H groups in total. The zero-order chi connectivity index (χ0) is 8.48. The van der Waals surface area contributed by atoms with Crippen molar-refractivity contribution < 1.29 is 0 Å². The van der Waals surface area contributed by atoms with Gasteiger partial charge in [0.15, 0.2) is 0 Å². The molecule has 1 fully saturated rings. The quantitative estimate of drug-likeness (QED) is 0.431. The molecule has 0 aliphatic carbocycles. The minimum Gasteiger partial charge on any atom is -0.387 e. The second-order valence-corrected chi connectivity index (χ2v) is 3.78. The first-order valence-corrected chi connectivity index (χ1v) is 4.08. The molecule has 1 heterocycles. The number of likely N-dealkylation sites (tertiary alicyclic amines) is 1. The van der Waals surface area contributed by atoms with Crippen molar-refractivity contribution in [2.24, 2.45) is 11.1 Å². The van der Waals surface area contributed by atoms with E-state index in [1.807, 2.05) is 0 Å². The first-order valence-electron chi connectivity index (χ1n) is 4.08. The Balaban J connectivity index is 2.55. The molecule has 0 bridgehead atoms. The number of hydrogen-bond donors (Lipinski definition) is 2. The molecule has 11 heavy (non-hydrogen) atoms. The summed E-state index contributed by atoms with van der Waals surface area (Å²) in [5.41, 5.74) is 5.49. The predicted molar refractivity (Wildman–Crippen MR) is 46.8 cm³/mol. The van der Waals surface area contributed by atoms with E-state index in [1.165, 1.54) is 0 Å². The van der Waals surface area contributed by atoms with Crippen LogP contribution in [0.4, 0.5) is 0 Å². The van der Waals surface area contributed by atoms with Gasteiger partial charge in [-0.25, -0.2) is 0 Å². The predicted octanol–water partition coefficient (Wildman–Crippen LogP) is 0.654. The number of rotatable bonds is 1. The van der Waals surface area contributed by atoms with Gasteiger partial charge in [-0.05, 0) is 33.0 Å². The molecule has 64 valence electrons. The van der Waals surface area contributed by atoms with Gasteiger partial charge in [-0.15, -0.1) is 0 Å². The molecular weight excluding hydrogens is 138 g/mol. The molecule has 0 aromatic rings. The van der Waals surface area contributed by atoms with Gasteiger partial charge in [0.05, 0.1) is 5.84 Å². The molecular formula is C8H17N3. The van der Waals surface area contributed by atoms with Crippen LogP contribution in [0.2, 0.25) is 0 Å². The number of hydrogen-bond acceptors (Lipinski definition) is 2. The van der Waals surface area contributed by atoms with Crippen LogP contribution < -0.4 is 5.73 Å². The lowest BCUT2D eigenvalue weighted by molar-refractivity contribution is 0.192. The molecule has 1 saturated heterocycles. The van der Waals surface area contributed by atoms with Crippen molar-refractivity contribution in [3.8, 4) is 0 Å². The zero-order valence-electron chi connectivity index (χ0n) is 7.35. The largest absolute Gasteiger partial charge is 0.387 e. The molecule has 0 spiro atoms. The maximum atomic E-state index is 7.41. The maximum absolute atomic E-state index is 7.41. The maximum Gasteiger partial charge on any atom is 0.0966 e. The Morgan fingerprint density at radius 1 is 1.45 bits per heavy atom. The molecule has 0 saturated carbocycles. The van der Waals surface area contributed by atoms with E-state index in [2.05, 4.69) is 18.9 Å². The average Bonchev–Trinajstić information content (AvgIpc) is 1.95. The first kappa shape index (κ1) is 8.53. The fourth-order valence-corrected chi connectivity index (χ4v) is 1.38. The van der Waals surface area contributed by atoms with Gasteiger partial charge in [-0.2, -0.15) is 0 Å². The molecule has 0 unspecified atom stereocenters. The Labute approximate surface area is 68.1 Å². The number of nitrogens with zero attached hydrogens (tertiary/aromatic N) is 1. The van der Waals surface area contributed by atoms with Gasteiger partial charge >= 0.3 is 0 Å². The minimum atomic E-state index is -0.0213. The highest BCUT2D eigenvalue weighted by Gasteiger charge is 2.31. The smallest absolute Gasteiger partial charge is 0.0966 e. The third-order valence-corrected chi connectivity index (χ3v) is 2.74. The molecule has 0 aromatic carbocycles. The van der Waals surface area contributed by atoms with Crippen molar-refractivity contribution in [1.29, 1.82) is 5.41 Å². The lowest BCUT2D eigenvalue weighted by Gasteiger charge is -2.36. The van der Waals surface area contributed by atoms with Crippen LogP contribution >= 0.6 is 0 Å². The average molecular weight is 155 g/mol. The number of nitrogens with one attached hydrogen (secondary N) is 1. The Kier molecular flexibility index (Phi) is 2.18. The van der Waals surface area contributed by atoms with Gasteiger partial charge in [0, 0.05) is 5.41 Å². The molecule has 3 heteroatoms. The van der Waals surface area contributed by atoms with Crippen LogP contribution in [0.15, 0.2) is 0 Å². The van der Waals surface area contributed by atoms with Gasteiger partial charge < -0.3 is 10.6 Å². The highest BCUT2D eigenvalue weighted by atomic mass is 15.1. The summed E-state index contributed by atoms with van der Waals surface area (Å²) in [6.07, 6.45) is 2.05. The monoisotopic (exact) mass is 155 g/mol. The standard InChI is InChI=1S/C8H17N3/c1-8(7(9)10)3-5-11(2)6-4-8/h3-6H2,1-2H3,(H3,9,10). The van der Waals surface area contributed by atoms with E-state index in [9.17, 15) is 0 Å². The zero-order valence-corrected chi connectivity index (χ0v) is 7.35. The van der Waals surface area contributed by atoms with Crippen LogP contribution in [-0.4, -0.2) is 30.9 Å². The first-order chi connectivity index (χ1) is 5.04. The van der Waals surface area contributed by atoms with Crippen molar-refractivity contribution >= 4 is 5.84 Å². The van der Waals surface area contributed by atoms with Crippen molar-refractivity contribution in [3.63, 3.8) is 0 Å². The lowest BCUT2D eigenvalue weighted by Crippen LogP contribution is -2.43. The molecule has 0 atom stereocenters. The molecule has 1 rings (SSSR count). The van der Waals surface area contributed by atoms with E-state index in [0.29, 0.717) is 5.84 Å². The van der Waals surface area contributed by atoms with Gasteiger partial charge in [-0.1, -0.05) is 6.92 Å². The van der Waals surface area contributed by atoms with Crippen LogP contribution in [0.5, 0.6) is 0 Å². The second-order valence-electron chi connectivity index (χ2n) is 3.78. The van der Waals surface area contributed by atoms with Crippen molar-refractivity contribution in [1.82, 2.24) is 4.90 Å². The van der Waals surface area contributed by atoms with E-state index in [-0.39, 0.29) is 5.41 Å². The second kappa shape index (κ2) is 2.81. The Morgan fingerprint density at radius 3 is 2.27 bits per heavy atom. The summed E-state index contributed by atoms with van der Waals surface area (Å²) in [6, 6.07) is 0. The van der Waals surface area contributed by atoms with Crippen LogP contribution in [0.25, 0.3) is 0 Å². The summed E-state index contributed by atoms with van der Waals surface area (Å²) in [6.45, 7) is 4.22. The minimum absolute atomic E-state index is 0.0213. The molecule has 0 radical (unpaired) electrons. The fourth-order valence-electron chi connectivity index (χ4n) is 1.38. The summed E-state index contributed by atoms with van der Waals surface area (Å²) >= 11 is 0. The molecule has 1 aliphatic rings. The van der Waals surface area contributed by atoms with Crippen molar-refractivity contribution in [3.05, 3.63) is 0 Å². The number of nitrogens with two attached hydrogens (primary N) is 1. The molecule has 1 aliphatic heterocycles. The SMILES string of the molecule is CN1CCC(C)(C(=N)N)CC1. The third-order valence-electron chi connectivity index (χ3n) is 2.74. The summed E-state index contributed by atoms with van der Waals surface area (Å²) in [5, 5.41) is 7.41. The summed E-state index contributed by atoms with van der Waals surface area (Å²) in [5.74, 6) is 0.352. The lowest BCUT2D eigenvalue weighted by atomic mass is 9.79. The van der Waals surface area contributed by atoms with E-state index in [0.717, 1.165) is 25.9 Å². The summed E-state index contributed by atoms with van der Waals surface area (Å²) in [7, 11) is 2.11. The summed E-state index contributed by atoms with van der Waals surface area (Å²) in [4.78, 5) is 2.28. The van der Waals surface area contributed by atoms with Crippen molar-refractivity contribution in [2.45, 2.75) is 19.8 Å². The van der Waals surface area contributed by atoms with Gasteiger partial charge in [0.1, 0.15) is 0 Å². The summed E-state index contributed by atoms with van der Waals surface area (Å²) < 4.78 is 0. The number of amidine groups is 1. The van der Waals surface area contributed by atoms with E-state index in [4.69, 9.17) is 11.1 Å².